The fraction of sp³-hybridized carbons (Fsp3) is 0.417. The fourth-order valence-electron chi connectivity index (χ4n) is 1.91. The van der Waals surface area contributed by atoms with E-state index in [0.717, 1.165) is 23.7 Å². The number of benzene rings is 1. The van der Waals surface area contributed by atoms with Crippen molar-refractivity contribution in [3.05, 3.63) is 34.9 Å². The van der Waals surface area contributed by atoms with Crippen LogP contribution in [0.4, 0.5) is 0 Å². The Labute approximate surface area is 100 Å². The van der Waals surface area contributed by atoms with Gasteiger partial charge in [-0.3, -0.25) is 4.79 Å². The fourth-order valence-corrected chi connectivity index (χ4v) is 2.18. The van der Waals surface area contributed by atoms with Crippen LogP contribution in [0.25, 0.3) is 0 Å². The van der Waals surface area contributed by atoms with Crippen LogP contribution in [0.5, 0.6) is 0 Å². The molecule has 1 aromatic rings. The predicted octanol–water partition coefficient (Wildman–Crippen LogP) is 1.83. The van der Waals surface area contributed by atoms with Crippen molar-refractivity contribution in [2.75, 3.05) is 20.1 Å². The number of likely N-dealkylation sites (N-methyl/N-ethyl adjacent to an activating group) is 1. The van der Waals surface area contributed by atoms with Crippen LogP contribution in [-0.2, 0) is 4.79 Å². The maximum Gasteiger partial charge on any atom is 0.224 e. The van der Waals surface area contributed by atoms with Crippen molar-refractivity contribution >= 4 is 17.5 Å². The van der Waals surface area contributed by atoms with E-state index in [4.69, 9.17) is 11.6 Å². The van der Waals surface area contributed by atoms with E-state index >= 15 is 0 Å². The van der Waals surface area contributed by atoms with Gasteiger partial charge in [0.1, 0.15) is 0 Å². The highest BCUT2D eigenvalue weighted by Crippen LogP contribution is 2.26. The van der Waals surface area contributed by atoms with Crippen LogP contribution in [0.1, 0.15) is 18.0 Å². The second-order valence-corrected chi connectivity index (χ2v) is 4.45. The first kappa shape index (κ1) is 11.4. The molecular formula is C12H15ClN2O. The summed E-state index contributed by atoms with van der Waals surface area (Å²) in [4.78, 5) is 13.5. The molecular weight excluding hydrogens is 224 g/mol. The quantitative estimate of drug-likeness (QED) is 0.810. The topological polar surface area (TPSA) is 32.3 Å². The molecule has 1 unspecified atom stereocenters. The Morgan fingerprint density at radius 3 is 2.94 bits per heavy atom. The zero-order valence-electron chi connectivity index (χ0n) is 9.24. The average molecular weight is 239 g/mol. The van der Waals surface area contributed by atoms with Gasteiger partial charge in [-0.25, -0.2) is 0 Å². The predicted molar refractivity (Wildman–Crippen MR) is 64.4 cm³/mol. The van der Waals surface area contributed by atoms with Crippen LogP contribution in [0, 0.1) is 0 Å². The third-order valence-electron chi connectivity index (χ3n) is 2.92. The van der Waals surface area contributed by atoms with Gasteiger partial charge in [-0.1, -0.05) is 29.8 Å². The lowest BCUT2D eigenvalue weighted by molar-refractivity contribution is -0.129. The van der Waals surface area contributed by atoms with E-state index < -0.39 is 0 Å². The molecule has 0 aliphatic carbocycles. The molecule has 1 saturated heterocycles. The first-order valence-electron chi connectivity index (χ1n) is 5.40. The molecule has 4 heteroatoms. The molecule has 2 rings (SSSR count). The number of carbonyl (C=O) groups excluding carboxylic acids is 1. The summed E-state index contributed by atoms with van der Waals surface area (Å²) in [6.07, 6.45) is 0.472. The Bertz CT molecular complexity index is 394. The minimum atomic E-state index is 0.0335. The Hall–Kier alpha value is -1.06. The molecule has 1 fully saturated rings. The number of hydrogen-bond acceptors (Lipinski definition) is 2. The van der Waals surface area contributed by atoms with Crippen molar-refractivity contribution in [2.45, 2.75) is 12.5 Å². The molecule has 1 N–H and O–H groups in total. The SMILES string of the molecule is CN1CCNC(c2ccccc2Cl)CC1=O. The van der Waals surface area contributed by atoms with Gasteiger partial charge in [0.2, 0.25) is 5.91 Å². The summed E-state index contributed by atoms with van der Waals surface area (Å²) >= 11 is 6.13. The minimum absolute atomic E-state index is 0.0335. The molecule has 1 aromatic carbocycles. The Kier molecular flexibility index (Phi) is 3.46. The molecule has 0 aromatic heterocycles. The monoisotopic (exact) mass is 238 g/mol. The van der Waals surface area contributed by atoms with Crippen LogP contribution in [-0.4, -0.2) is 30.9 Å². The van der Waals surface area contributed by atoms with E-state index in [1.807, 2.05) is 31.3 Å². The molecule has 0 bridgehead atoms. The second-order valence-electron chi connectivity index (χ2n) is 4.05. The second kappa shape index (κ2) is 4.85. The summed E-state index contributed by atoms with van der Waals surface area (Å²) in [5, 5.41) is 4.07. The average Bonchev–Trinajstić information content (AvgIpc) is 2.43. The Balaban J connectivity index is 2.21. The van der Waals surface area contributed by atoms with Crippen molar-refractivity contribution < 1.29 is 4.79 Å². The molecule has 0 radical (unpaired) electrons. The maximum absolute atomic E-state index is 11.8. The van der Waals surface area contributed by atoms with Crippen molar-refractivity contribution in [1.29, 1.82) is 0 Å². The van der Waals surface area contributed by atoms with E-state index in [1.54, 1.807) is 4.90 Å². The van der Waals surface area contributed by atoms with Gasteiger partial charge in [-0.2, -0.15) is 0 Å². The van der Waals surface area contributed by atoms with Crippen LogP contribution in [0.3, 0.4) is 0 Å². The van der Waals surface area contributed by atoms with Gasteiger partial charge < -0.3 is 10.2 Å². The third-order valence-corrected chi connectivity index (χ3v) is 3.27. The van der Waals surface area contributed by atoms with Gasteiger partial charge in [-0.15, -0.1) is 0 Å². The van der Waals surface area contributed by atoms with E-state index in [1.165, 1.54) is 0 Å². The summed E-state index contributed by atoms with van der Waals surface area (Å²) in [6, 6.07) is 7.71. The first-order chi connectivity index (χ1) is 7.68. The number of carbonyl (C=O) groups is 1. The highest BCUT2D eigenvalue weighted by molar-refractivity contribution is 6.31. The summed E-state index contributed by atoms with van der Waals surface area (Å²) in [5.41, 5.74) is 1.01. The molecule has 1 amide bonds. The number of halogens is 1. The largest absolute Gasteiger partial charge is 0.344 e. The zero-order valence-corrected chi connectivity index (χ0v) is 10.00. The van der Waals surface area contributed by atoms with Crippen LogP contribution in [0.15, 0.2) is 24.3 Å². The summed E-state index contributed by atoms with van der Waals surface area (Å²) < 4.78 is 0. The van der Waals surface area contributed by atoms with Gasteiger partial charge in [0.15, 0.2) is 0 Å². The zero-order chi connectivity index (χ0) is 11.5. The molecule has 1 heterocycles. The van der Waals surface area contributed by atoms with Crippen molar-refractivity contribution in [2.24, 2.45) is 0 Å². The molecule has 1 atom stereocenters. The van der Waals surface area contributed by atoms with Crippen molar-refractivity contribution in [1.82, 2.24) is 10.2 Å². The smallest absolute Gasteiger partial charge is 0.224 e. The Morgan fingerprint density at radius 1 is 1.44 bits per heavy atom. The van der Waals surface area contributed by atoms with E-state index in [9.17, 15) is 4.79 Å². The van der Waals surface area contributed by atoms with Crippen LogP contribution in [0.2, 0.25) is 5.02 Å². The van der Waals surface area contributed by atoms with E-state index in [0.29, 0.717) is 6.42 Å². The molecule has 3 nitrogen and oxygen atoms in total. The van der Waals surface area contributed by atoms with Crippen LogP contribution < -0.4 is 5.32 Å². The lowest BCUT2D eigenvalue weighted by atomic mass is 10.0. The minimum Gasteiger partial charge on any atom is -0.344 e. The highest BCUT2D eigenvalue weighted by atomic mass is 35.5. The standard InChI is InChI=1S/C12H15ClN2O/c1-15-7-6-14-11(8-12(15)16)9-4-2-3-5-10(9)13/h2-5,11,14H,6-8H2,1H3. The summed E-state index contributed by atoms with van der Waals surface area (Å²) in [5.74, 6) is 0.162. The number of amides is 1. The van der Waals surface area contributed by atoms with Gasteiger partial charge in [0.05, 0.1) is 0 Å². The Morgan fingerprint density at radius 2 is 2.19 bits per heavy atom. The lowest BCUT2D eigenvalue weighted by Gasteiger charge is -2.16. The van der Waals surface area contributed by atoms with E-state index in [2.05, 4.69) is 5.32 Å². The van der Waals surface area contributed by atoms with Gasteiger partial charge in [0.25, 0.3) is 0 Å². The summed E-state index contributed by atoms with van der Waals surface area (Å²) in [7, 11) is 1.83. The summed E-state index contributed by atoms with van der Waals surface area (Å²) in [6.45, 7) is 1.55. The molecule has 86 valence electrons. The number of rotatable bonds is 1. The molecule has 0 spiro atoms. The van der Waals surface area contributed by atoms with Gasteiger partial charge in [-0.05, 0) is 11.6 Å². The molecule has 1 aliphatic heterocycles. The third kappa shape index (κ3) is 2.36. The van der Waals surface area contributed by atoms with Gasteiger partial charge >= 0.3 is 0 Å². The number of nitrogens with zero attached hydrogens (tertiary/aromatic N) is 1. The molecule has 16 heavy (non-hydrogen) atoms. The van der Waals surface area contributed by atoms with Crippen molar-refractivity contribution in [3.63, 3.8) is 0 Å². The molecule has 1 aliphatic rings. The number of nitrogens with one attached hydrogen (secondary N) is 1. The van der Waals surface area contributed by atoms with E-state index in [-0.39, 0.29) is 11.9 Å². The van der Waals surface area contributed by atoms with Crippen molar-refractivity contribution in [3.8, 4) is 0 Å². The highest BCUT2D eigenvalue weighted by Gasteiger charge is 2.22. The van der Waals surface area contributed by atoms with Gasteiger partial charge in [0, 0.05) is 37.6 Å². The first-order valence-corrected chi connectivity index (χ1v) is 5.78. The number of hydrogen-bond donors (Lipinski definition) is 1. The lowest BCUT2D eigenvalue weighted by Crippen LogP contribution is -2.27. The molecule has 0 saturated carbocycles. The normalized spacial score (nSPS) is 22.0. The maximum atomic E-state index is 11.8. The van der Waals surface area contributed by atoms with Crippen LogP contribution >= 0.6 is 11.6 Å².